The fraction of sp³-hybridized carbons (Fsp3) is 0.405. The van der Waals surface area contributed by atoms with Crippen LogP contribution in [0, 0.1) is 6.92 Å². The summed E-state index contributed by atoms with van der Waals surface area (Å²) in [5.41, 5.74) is 8.07. The summed E-state index contributed by atoms with van der Waals surface area (Å²) in [7, 11) is 8.02. The van der Waals surface area contributed by atoms with Gasteiger partial charge in [0.15, 0.2) is 0 Å². The number of carbonyl (C=O) groups excluding carboxylic acids is 2. The summed E-state index contributed by atoms with van der Waals surface area (Å²) in [6.07, 6.45) is 2.19. The number of aliphatic hydroxyl groups excluding tert-OH is 1. The lowest BCUT2D eigenvalue weighted by molar-refractivity contribution is -0.140. The molecule has 0 radical (unpaired) electrons. The zero-order chi connectivity index (χ0) is 35.7. The Hall–Kier alpha value is -4.65. The first kappa shape index (κ1) is 35.2. The van der Waals surface area contributed by atoms with Crippen LogP contribution in [0.5, 0.6) is 5.75 Å². The number of carbonyl (C=O) groups is 2. The van der Waals surface area contributed by atoms with Gasteiger partial charge in [0.1, 0.15) is 11.4 Å². The number of halogens is 1. The minimum absolute atomic E-state index is 0.0768. The Morgan fingerprint density at radius 1 is 1.02 bits per heavy atom. The molecule has 12 nitrogen and oxygen atoms in total. The van der Waals surface area contributed by atoms with Crippen LogP contribution in [0.4, 0.5) is 0 Å². The molecule has 0 aliphatic carbocycles. The summed E-state index contributed by atoms with van der Waals surface area (Å²) in [6, 6.07) is 13.7. The van der Waals surface area contributed by atoms with Crippen LogP contribution in [-0.2, 0) is 61.0 Å². The van der Waals surface area contributed by atoms with Gasteiger partial charge in [-0.25, -0.2) is 4.79 Å². The van der Waals surface area contributed by atoms with Crippen molar-refractivity contribution in [1.82, 2.24) is 29.0 Å². The molecule has 264 valence electrons. The van der Waals surface area contributed by atoms with Gasteiger partial charge in [0.2, 0.25) is 0 Å². The van der Waals surface area contributed by atoms with E-state index in [0.717, 1.165) is 75.5 Å². The van der Waals surface area contributed by atoms with Crippen molar-refractivity contribution in [2.45, 2.75) is 64.9 Å². The average Bonchev–Trinajstić information content (AvgIpc) is 3.75. The second-order valence-electron chi connectivity index (χ2n) is 12.7. The summed E-state index contributed by atoms with van der Waals surface area (Å²) in [6.45, 7) is 3.79. The highest BCUT2D eigenvalue weighted by atomic mass is 35.5. The maximum Gasteiger partial charge on any atom is 0.354 e. The molecule has 2 aromatic carbocycles. The van der Waals surface area contributed by atoms with Crippen LogP contribution in [0.1, 0.15) is 69.7 Å². The van der Waals surface area contributed by atoms with E-state index in [-0.39, 0.29) is 25.0 Å². The summed E-state index contributed by atoms with van der Waals surface area (Å²) in [5.74, 6) is -0.0817. The van der Waals surface area contributed by atoms with Gasteiger partial charge in [0.25, 0.3) is 0 Å². The van der Waals surface area contributed by atoms with E-state index in [0.29, 0.717) is 35.8 Å². The second-order valence-corrected chi connectivity index (χ2v) is 13.1. The molecule has 13 heteroatoms. The zero-order valence-corrected chi connectivity index (χ0v) is 30.1. The lowest BCUT2D eigenvalue weighted by Crippen LogP contribution is -2.33. The smallest absolute Gasteiger partial charge is 0.354 e. The highest BCUT2D eigenvalue weighted by molar-refractivity contribution is 6.35. The number of esters is 2. The number of methoxy groups -OCH3 is 3. The van der Waals surface area contributed by atoms with Gasteiger partial charge < -0.3 is 23.9 Å². The number of ether oxygens (including phenoxy) is 3. The number of hydrogen-bond donors (Lipinski definition) is 1. The van der Waals surface area contributed by atoms with Gasteiger partial charge in [0, 0.05) is 56.7 Å². The van der Waals surface area contributed by atoms with Crippen molar-refractivity contribution in [3.05, 3.63) is 87.1 Å². The highest BCUT2D eigenvalue weighted by Crippen LogP contribution is 2.46. The zero-order valence-electron chi connectivity index (χ0n) is 29.3. The summed E-state index contributed by atoms with van der Waals surface area (Å²) in [5, 5.41) is 21.0. The molecule has 3 aromatic heterocycles. The number of rotatable bonds is 12. The van der Waals surface area contributed by atoms with Gasteiger partial charge in [0.05, 0.1) is 67.3 Å². The number of fused-ring (bicyclic) bond motifs is 2. The van der Waals surface area contributed by atoms with Crippen LogP contribution in [-0.4, -0.2) is 67.4 Å². The fourth-order valence-corrected chi connectivity index (χ4v) is 7.61. The Balaban J connectivity index is 1.53. The molecular weight excluding hydrogens is 660 g/mol. The molecule has 0 saturated carbocycles. The van der Waals surface area contributed by atoms with Gasteiger partial charge in [-0.2, -0.15) is 10.2 Å². The Labute approximate surface area is 296 Å². The van der Waals surface area contributed by atoms with Crippen LogP contribution in [0.25, 0.3) is 22.0 Å². The van der Waals surface area contributed by atoms with Gasteiger partial charge in [-0.15, -0.1) is 0 Å². The fourth-order valence-electron chi connectivity index (χ4n) is 7.37. The number of aromatic nitrogens is 5. The molecule has 1 aliphatic rings. The predicted molar refractivity (Wildman–Crippen MR) is 189 cm³/mol. The molecule has 0 unspecified atom stereocenters. The third-order valence-electron chi connectivity index (χ3n) is 9.71. The van der Waals surface area contributed by atoms with Crippen molar-refractivity contribution in [2.24, 2.45) is 14.1 Å². The maximum absolute atomic E-state index is 13.3. The summed E-state index contributed by atoms with van der Waals surface area (Å²) >= 11 is 7.16. The van der Waals surface area contributed by atoms with Crippen LogP contribution < -0.4 is 4.74 Å². The number of nitrogens with zero attached hydrogens (tertiary/aromatic N) is 6. The molecule has 1 aliphatic heterocycles. The van der Waals surface area contributed by atoms with Crippen molar-refractivity contribution >= 4 is 34.4 Å². The molecule has 50 heavy (non-hydrogen) atoms. The second kappa shape index (κ2) is 14.7. The summed E-state index contributed by atoms with van der Waals surface area (Å²) in [4.78, 5) is 27.9. The van der Waals surface area contributed by atoms with Gasteiger partial charge in [-0.3, -0.25) is 19.1 Å². The lowest BCUT2D eigenvalue weighted by atomic mass is 9.92. The first-order valence-electron chi connectivity index (χ1n) is 16.6. The van der Waals surface area contributed by atoms with Gasteiger partial charge >= 0.3 is 11.9 Å². The Morgan fingerprint density at radius 2 is 1.78 bits per heavy atom. The molecule has 1 N–H and O–H groups in total. The Kier molecular flexibility index (Phi) is 10.3. The largest absolute Gasteiger partial charge is 0.497 e. The molecule has 1 atom stereocenters. The standard InChI is InChI=1S/C37H43ClN6O6/c1-22-32(33-29(38)15-13-27-28(14-16-31(46)49-5)35(37(47)50-6)41(2)34(27)33)36-30(8-7-17-44(36)39-22)43(19-23-9-11-26(48-4)12-10-23)20-24-18-25(21-45)42(3)40-24/h9-13,15,18,30,45H,7-8,14,16-17,19-21H2,1-6H3/t30-/m1/s1. The van der Waals surface area contributed by atoms with Gasteiger partial charge in [-0.05, 0) is 61.6 Å². The quantitative estimate of drug-likeness (QED) is 0.164. The van der Waals surface area contributed by atoms with Gasteiger partial charge in [-0.1, -0.05) is 29.8 Å². The van der Waals surface area contributed by atoms with Crippen LogP contribution in [0.3, 0.4) is 0 Å². The van der Waals surface area contributed by atoms with E-state index in [1.54, 1.807) is 11.8 Å². The minimum atomic E-state index is -0.499. The van der Waals surface area contributed by atoms with E-state index in [9.17, 15) is 14.7 Å². The number of benzene rings is 2. The predicted octanol–water partition coefficient (Wildman–Crippen LogP) is 5.67. The SMILES string of the molecule is COC(=O)CCc1c(C(=O)OC)n(C)c2c(-c3c(C)nn4c3[C@H](N(Cc3ccc(OC)cc3)Cc3cc(CO)n(C)n3)CCC4)c(Cl)ccc12. The highest BCUT2D eigenvalue weighted by Gasteiger charge is 2.35. The molecule has 5 aromatic rings. The molecular formula is C37H43ClN6O6. The molecule has 0 saturated heterocycles. The monoisotopic (exact) mass is 702 g/mol. The van der Waals surface area contributed by atoms with Crippen molar-refractivity contribution in [3.8, 4) is 16.9 Å². The van der Waals surface area contributed by atoms with Crippen molar-refractivity contribution in [1.29, 1.82) is 0 Å². The van der Waals surface area contributed by atoms with Crippen LogP contribution in [0.15, 0.2) is 42.5 Å². The topological polar surface area (TPSA) is 126 Å². The molecule has 0 fully saturated rings. The van der Waals surface area contributed by atoms with Crippen molar-refractivity contribution in [2.75, 3.05) is 21.3 Å². The molecule has 0 amide bonds. The van der Waals surface area contributed by atoms with E-state index < -0.39 is 5.97 Å². The van der Waals surface area contributed by atoms with Crippen molar-refractivity contribution in [3.63, 3.8) is 0 Å². The third-order valence-corrected chi connectivity index (χ3v) is 10.0. The lowest BCUT2D eigenvalue weighted by Gasteiger charge is -2.35. The minimum Gasteiger partial charge on any atom is -0.497 e. The maximum atomic E-state index is 13.3. The number of aliphatic hydroxyl groups is 1. The van der Waals surface area contributed by atoms with E-state index in [1.165, 1.54) is 14.2 Å². The van der Waals surface area contributed by atoms with Crippen LogP contribution in [0.2, 0.25) is 5.02 Å². The van der Waals surface area contributed by atoms with E-state index in [2.05, 4.69) is 21.7 Å². The summed E-state index contributed by atoms with van der Waals surface area (Å²) < 4.78 is 21.2. The first-order valence-corrected chi connectivity index (χ1v) is 17.0. The number of aryl methyl sites for hydroxylation is 5. The van der Waals surface area contributed by atoms with Crippen molar-refractivity contribution < 1.29 is 28.9 Å². The third kappa shape index (κ3) is 6.50. The Bertz CT molecular complexity index is 2050. The molecule has 4 heterocycles. The Morgan fingerprint density at radius 3 is 2.44 bits per heavy atom. The van der Waals surface area contributed by atoms with E-state index >= 15 is 0 Å². The van der Waals surface area contributed by atoms with E-state index in [4.69, 9.17) is 36.0 Å². The molecule has 0 bridgehead atoms. The normalized spacial score (nSPS) is 14.3. The first-order chi connectivity index (χ1) is 24.1. The van der Waals surface area contributed by atoms with E-state index in [1.807, 2.05) is 55.9 Å². The van der Waals surface area contributed by atoms with Crippen LogP contribution >= 0.6 is 11.6 Å². The number of hydrogen-bond acceptors (Lipinski definition) is 9. The molecule has 0 spiro atoms. The average molecular weight is 703 g/mol. The molecule has 6 rings (SSSR count).